The predicted molar refractivity (Wildman–Crippen MR) is 74.1 cm³/mol. The Labute approximate surface area is 121 Å². The van der Waals surface area contributed by atoms with Gasteiger partial charge >= 0.3 is 5.97 Å². The molecule has 7 heteroatoms. The maximum absolute atomic E-state index is 10.9. The molecule has 0 unspecified atom stereocenters. The second-order valence-electron chi connectivity index (χ2n) is 3.34. The Bertz CT molecular complexity index is 562. The number of nitrogens with zero attached hydrogens (tertiary/aromatic N) is 2. The molecule has 0 aliphatic carbocycles. The molecule has 0 bridgehead atoms. The fourth-order valence-corrected chi connectivity index (χ4v) is 1.34. The summed E-state index contributed by atoms with van der Waals surface area (Å²) < 4.78 is 4.48. The lowest BCUT2D eigenvalue weighted by molar-refractivity contribution is -0.134. The first-order valence-electron chi connectivity index (χ1n) is 5.20. The normalized spacial score (nSPS) is 10.4. The largest absolute Gasteiger partial charge is 0.466 e. The molecule has 0 amide bonds. The van der Waals surface area contributed by atoms with Gasteiger partial charge in [0.05, 0.1) is 19.9 Å². The standard InChI is InChI=1S/C12H11Cl2N3O2/c1-8(6-10(18)19-2)4-3-5-15-11-9(13)7-16-12(14)17-11/h6-7H,5H2,1-2H3,(H,15,16,17). The van der Waals surface area contributed by atoms with Crippen molar-refractivity contribution in [2.45, 2.75) is 6.92 Å². The molecule has 0 saturated carbocycles. The number of hydrogen-bond donors (Lipinski definition) is 1. The van der Waals surface area contributed by atoms with Crippen molar-refractivity contribution < 1.29 is 9.53 Å². The van der Waals surface area contributed by atoms with Gasteiger partial charge in [0.25, 0.3) is 0 Å². The molecular formula is C12H11Cl2N3O2. The van der Waals surface area contributed by atoms with Crippen LogP contribution in [-0.4, -0.2) is 29.6 Å². The molecule has 1 rings (SSSR count). The van der Waals surface area contributed by atoms with E-state index < -0.39 is 5.97 Å². The molecule has 0 fully saturated rings. The van der Waals surface area contributed by atoms with Gasteiger partial charge in [0.2, 0.25) is 5.28 Å². The fraction of sp³-hybridized carbons (Fsp3) is 0.250. The maximum Gasteiger partial charge on any atom is 0.331 e. The van der Waals surface area contributed by atoms with E-state index in [-0.39, 0.29) is 5.28 Å². The highest BCUT2D eigenvalue weighted by molar-refractivity contribution is 6.33. The summed E-state index contributed by atoms with van der Waals surface area (Å²) >= 11 is 11.5. The highest BCUT2D eigenvalue weighted by atomic mass is 35.5. The SMILES string of the molecule is COC(=O)C=C(C)C#CCNc1nc(Cl)ncc1Cl. The van der Waals surface area contributed by atoms with E-state index in [2.05, 4.69) is 31.9 Å². The third-order valence-electron chi connectivity index (χ3n) is 1.88. The van der Waals surface area contributed by atoms with Crippen LogP contribution in [0.4, 0.5) is 5.82 Å². The van der Waals surface area contributed by atoms with E-state index >= 15 is 0 Å². The van der Waals surface area contributed by atoms with Gasteiger partial charge in [-0.25, -0.2) is 9.78 Å². The van der Waals surface area contributed by atoms with Crippen LogP contribution in [0.3, 0.4) is 0 Å². The Morgan fingerprint density at radius 1 is 1.58 bits per heavy atom. The molecule has 0 spiro atoms. The number of methoxy groups -OCH3 is 1. The van der Waals surface area contributed by atoms with Gasteiger partial charge in [0.15, 0.2) is 5.82 Å². The van der Waals surface area contributed by atoms with Crippen molar-refractivity contribution in [1.82, 2.24) is 9.97 Å². The number of ether oxygens (including phenoxy) is 1. The van der Waals surface area contributed by atoms with E-state index in [4.69, 9.17) is 23.2 Å². The molecule has 0 aliphatic rings. The molecule has 1 aromatic heterocycles. The first-order chi connectivity index (χ1) is 9.02. The minimum absolute atomic E-state index is 0.0987. The summed E-state index contributed by atoms with van der Waals surface area (Å²) in [5, 5.41) is 3.35. The van der Waals surface area contributed by atoms with Crippen LogP contribution in [0.5, 0.6) is 0 Å². The van der Waals surface area contributed by atoms with Crippen LogP contribution in [0.25, 0.3) is 0 Å². The van der Waals surface area contributed by atoms with Crippen LogP contribution >= 0.6 is 23.2 Å². The lowest BCUT2D eigenvalue weighted by atomic mass is 10.3. The zero-order valence-electron chi connectivity index (χ0n) is 10.3. The number of allylic oxidation sites excluding steroid dienone is 1. The third kappa shape index (κ3) is 5.60. The highest BCUT2D eigenvalue weighted by Gasteiger charge is 2.01. The number of esters is 1. The summed E-state index contributed by atoms with van der Waals surface area (Å²) in [5.41, 5.74) is 0.598. The summed E-state index contributed by atoms with van der Waals surface area (Å²) in [7, 11) is 1.31. The smallest absolute Gasteiger partial charge is 0.331 e. The molecule has 0 aliphatic heterocycles. The molecule has 1 aromatic rings. The third-order valence-corrected chi connectivity index (χ3v) is 2.34. The first kappa shape index (κ1) is 15.3. The average molecular weight is 300 g/mol. The molecule has 1 N–H and O–H groups in total. The van der Waals surface area contributed by atoms with Gasteiger partial charge in [-0.2, -0.15) is 4.98 Å². The van der Waals surface area contributed by atoms with E-state index in [1.807, 2.05) is 0 Å². The Balaban J connectivity index is 2.58. The van der Waals surface area contributed by atoms with Crippen LogP contribution in [0.2, 0.25) is 10.3 Å². The van der Waals surface area contributed by atoms with E-state index in [1.165, 1.54) is 19.4 Å². The van der Waals surface area contributed by atoms with Gasteiger partial charge < -0.3 is 10.1 Å². The number of nitrogens with one attached hydrogen (secondary N) is 1. The van der Waals surface area contributed by atoms with Crippen LogP contribution in [-0.2, 0) is 9.53 Å². The van der Waals surface area contributed by atoms with Crippen LogP contribution in [0.15, 0.2) is 17.8 Å². The molecule has 0 atom stereocenters. The number of carbonyl (C=O) groups is 1. The van der Waals surface area contributed by atoms with Crippen molar-refractivity contribution in [3.8, 4) is 11.8 Å². The summed E-state index contributed by atoms with van der Waals surface area (Å²) in [4.78, 5) is 18.6. The van der Waals surface area contributed by atoms with Crippen molar-refractivity contribution in [2.75, 3.05) is 19.0 Å². The van der Waals surface area contributed by atoms with Crippen molar-refractivity contribution in [3.05, 3.63) is 28.2 Å². The quantitative estimate of drug-likeness (QED) is 0.402. The minimum Gasteiger partial charge on any atom is -0.466 e. The lowest BCUT2D eigenvalue weighted by Crippen LogP contribution is -2.02. The Morgan fingerprint density at radius 3 is 3.00 bits per heavy atom. The van der Waals surface area contributed by atoms with Crippen LogP contribution < -0.4 is 5.32 Å². The first-order valence-corrected chi connectivity index (χ1v) is 5.95. The number of carbonyl (C=O) groups excluding carboxylic acids is 1. The van der Waals surface area contributed by atoms with Gasteiger partial charge in [-0.1, -0.05) is 23.4 Å². The molecule has 0 radical (unpaired) electrons. The van der Waals surface area contributed by atoms with E-state index in [0.29, 0.717) is 23.0 Å². The fourth-order valence-electron chi connectivity index (χ4n) is 1.05. The topological polar surface area (TPSA) is 64.1 Å². The Kier molecular flexibility index (Phi) is 6.13. The number of anilines is 1. The summed E-state index contributed by atoms with van der Waals surface area (Å²) in [5.74, 6) is 5.56. The van der Waals surface area contributed by atoms with Gasteiger partial charge in [-0.05, 0) is 18.5 Å². The zero-order valence-corrected chi connectivity index (χ0v) is 11.8. The van der Waals surface area contributed by atoms with Gasteiger partial charge in [-0.15, -0.1) is 0 Å². The van der Waals surface area contributed by atoms with Gasteiger partial charge in [-0.3, -0.25) is 0 Å². The van der Waals surface area contributed by atoms with Crippen molar-refractivity contribution in [2.24, 2.45) is 0 Å². The van der Waals surface area contributed by atoms with Crippen LogP contribution in [0, 0.1) is 11.8 Å². The number of aromatic nitrogens is 2. The van der Waals surface area contributed by atoms with Crippen molar-refractivity contribution in [1.29, 1.82) is 0 Å². The molecule has 1 heterocycles. The second kappa shape index (κ2) is 7.62. The zero-order chi connectivity index (χ0) is 14.3. The minimum atomic E-state index is -0.439. The highest BCUT2D eigenvalue weighted by Crippen LogP contribution is 2.18. The molecule has 100 valence electrons. The second-order valence-corrected chi connectivity index (χ2v) is 4.09. The molecule has 0 aromatic carbocycles. The summed E-state index contributed by atoms with van der Waals surface area (Å²) in [6.07, 6.45) is 2.70. The maximum atomic E-state index is 10.9. The van der Waals surface area contributed by atoms with Gasteiger partial charge in [0.1, 0.15) is 5.02 Å². The monoisotopic (exact) mass is 299 g/mol. The summed E-state index contributed by atoms with van der Waals surface area (Å²) in [6.45, 7) is 2.01. The van der Waals surface area contributed by atoms with E-state index in [1.54, 1.807) is 6.92 Å². The number of halogens is 2. The Morgan fingerprint density at radius 2 is 2.32 bits per heavy atom. The molecular weight excluding hydrogens is 289 g/mol. The summed E-state index contributed by atoms with van der Waals surface area (Å²) in [6, 6.07) is 0. The molecule has 0 saturated heterocycles. The predicted octanol–water partition coefficient (Wildman–Crippen LogP) is 2.32. The van der Waals surface area contributed by atoms with Crippen LogP contribution in [0.1, 0.15) is 6.92 Å². The Hall–Kier alpha value is -1.77. The van der Waals surface area contributed by atoms with E-state index in [0.717, 1.165) is 0 Å². The average Bonchev–Trinajstić information content (AvgIpc) is 2.38. The number of hydrogen-bond acceptors (Lipinski definition) is 5. The van der Waals surface area contributed by atoms with Gasteiger partial charge in [0, 0.05) is 11.6 Å². The van der Waals surface area contributed by atoms with E-state index in [9.17, 15) is 4.79 Å². The lowest BCUT2D eigenvalue weighted by Gasteiger charge is -2.02. The van der Waals surface area contributed by atoms with Crippen molar-refractivity contribution >= 4 is 35.0 Å². The molecule has 5 nitrogen and oxygen atoms in total. The van der Waals surface area contributed by atoms with Crippen molar-refractivity contribution in [3.63, 3.8) is 0 Å². The molecule has 19 heavy (non-hydrogen) atoms. The number of rotatable bonds is 3.